The van der Waals surface area contributed by atoms with Crippen molar-refractivity contribution in [2.75, 3.05) is 5.75 Å². The van der Waals surface area contributed by atoms with Crippen molar-refractivity contribution in [3.8, 4) is 0 Å². The Balaban J connectivity index is 1.98. The minimum atomic E-state index is -0.973. The zero-order chi connectivity index (χ0) is 16.8. The summed E-state index contributed by atoms with van der Waals surface area (Å²) in [6.07, 6.45) is 0.262. The number of carboxylic acid groups (broad SMARTS) is 1. The Labute approximate surface area is 140 Å². The number of benzene rings is 2. The standard InChI is InChI=1S/C19H20O3S/c1-13(2)17-8-3-4-9-18(17)23-12-16(20)11-14-6-5-7-15(10-14)19(21)22/h3-10,13H,11-12H2,1-2H3,(H,21,22). The Hall–Kier alpha value is -2.07. The third-order valence-electron chi connectivity index (χ3n) is 3.50. The molecule has 23 heavy (non-hydrogen) atoms. The fraction of sp³-hybridized carbons (Fsp3) is 0.263. The first-order valence-corrected chi connectivity index (χ1v) is 8.51. The average molecular weight is 328 g/mol. The zero-order valence-electron chi connectivity index (χ0n) is 13.3. The highest BCUT2D eigenvalue weighted by Gasteiger charge is 2.11. The molecule has 0 aromatic heterocycles. The van der Waals surface area contributed by atoms with Gasteiger partial charge in [0.05, 0.1) is 11.3 Å². The zero-order valence-corrected chi connectivity index (χ0v) is 14.1. The van der Waals surface area contributed by atoms with Crippen LogP contribution in [-0.2, 0) is 11.2 Å². The smallest absolute Gasteiger partial charge is 0.335 e. The molecule has 2 aromatic carbocycles. The summed E-state index contributed by atoms with van der Waals surface area (Å²) in [7, 11) is 0. The molecule has 120 valence electrons. The molecule has 0 unspecified atom stereocenters. The molecule has 0 atom stereocenters. The van der Waals surface area contributed by atoms with Crippen molar-refractivity contribution in [3.05, 3.63) is 65.2 Å². The van der Waals surface area contributed by atoms with Crippen LogP contribution in [0.1, 0.15) is 41.3 Å². The van der Waals surface area contributed by atoms with Gasteiger partial charge in [-0.25, -0.2) is 4.79 Å². The second-order valence-corrected chi connectivity index (χ2v) is 6.72. The van der Waals surface area contributed by atoms with Crippen LogP contribution in [0.3, 0.4) is 0 Å². The summed E-state index contributed by atoms with van der Waals surface area (Å²) in [6, 6.07) is 14.7. The SMILES string of the molecule is CC(C)c1ccccc1SCC(=O)Cc1cccc(C(=O)O)c1. The van der Waals surface area contributed by atoms with Gasteiger partial charge in [0, 0.05) is 11.3 Å². The number of ketones is 1. The average Bonchev–Trinajstić information content (AvgIpc) is 2.53. The van der Waals surface area contributed by atoms with Crippen molar-refractivity contribution in [2.24, 2.45) is 0 Å². The van der Waals surface area contributed by atoms with E-state index in [2.05, 4.69) is 19.9 Å². The summed E-state index contributed by atoms with van der Waals surface area (Å²) in [6.45, 7) is 4.28. The quantitative estimate of drug-likeness (QED) is 0.765. The highest BCUT2D eigenvalue weighted by atomic mass is 32.2. The maximum Gasteiger partial charge on any atom is 0.335 e. The molecule has 2 rings (SSSR count). The van der Waals surface area contributed by atoms with Gasteiger partial charge in [-0.1, -0.05) is 44.2 Å². The maximum atomic E-state index is 12.2. The molecule has 0 fully saturated rings. The first-order valence-electron chi connectivity index (χ1n) is 7.53. The van der Waals surface area contributed by atoms with Crippen molar-refractivity contribution < 1.29 is 14.7 Å². The van der Waals surface area contributed by atoms with E-state index in [9.17, 15) is 9.59 Å². The number of Topliss-reactive ketones (excluding diaryl/α,β-unsaturated/α-hetero) is 1. The Morgan fingerprint density at radius 2 is 1.83 bits per heavy atom. The molecule has 0 radical (unpaired) electrons. The van der Waals surface area contributed by atoms with Crippen LogP contribution in [0.25, 0.3) is 0 Å². The van der Waals surface area contributed by atoms with Crippen LogP contribution in [0.2, 0.25) is 0 Å². The number of carboxylic acids is 1. The summed E-state index contributed by atoms with van der Waals surface area (Å²) >= 11 is 1.55. The van der Waals surface area contributed by atoms with Crippen molar-refractivity contribution >= 4 is 23.5 Å². The highest BCUT2D eigenvalue weighted by Crippen LogP contribution is 2.28. The van der Waals surface area contributed by atoms with Gasteiger partial charge in [0.2, 0.25) is 0 Å². The molecule has 2 aromatic rings. The molecule has 0 aliphatic rings. The lowest BCUT2D eigenvalue weighted by Crippen LogP contribution is -2.07. The molecular weight excluding hydrogens is 308 g/mol. The normalized spacial score (nSPS) is 10.7. The Kier molecular flexibility index (Phi) is 5.99. The molecule has 3 nitrogen and oxygen atoms in total. The lowest BCUT2D eigenvalue weighted by atomic mass is 10.0. The van der Waals surface area contributed by atoms with Gasteiger partial charge in [-0.3, -0.25) is 4.79 Å². The fourth-order valence-electron chi connectivity index (χ4n) is 2.34. The minimum Gasteiger partial charge on any atom is -0.478 e. The van der Waals surface area contributed by atoms with Gasteiger partial charge in [0.15, 0.2) is 0 Å². The Morgan fingerprint density at radius 1 is 1.09 bits per heavy atom. The topological polar surface area (TPSA) is 54.4 Å². The van der Waals surface area contributed by atoms with E-state index in [1.54, 1.807) is 30.0 Å². The number of hydrogen-bond acceptors (Lipinski definition) is 3. The number of aromatic carboxylic acids is 1. The van der Waals surface area contributed by atoms with E-state index in [0.717, 1.165) is 10.5 Å². The number of rotatable bonds is 7. The van der Waals surface area contributed by atoms with Crippen LogP contribution in [0.5, 0.6) is 0 Å². The van der Waals surface area contributed by atoms with Crippen molar-refractivity contribution in [1.82, 2.24) is 0 Å². The lowest BCUT2D eigenvalue weighted by Gasteiger charge is -2.11. The second-order valence-electron chi connectivity index (χ2n) is 5.70. The first-order chi connectivity index (χ1) is 11.0. The lowest BCUT2D eigenvalue weighted by molar-refractivity contribution is -0.116. The summed E-state index contributed by atoms with van der Waals surface area (Å²) in [4.78, 5) is 24.3. The van der Waals surface area contributed by atoms with E-state index in [4.69, 9.17) is 5.11 Å². The third kappa shape index (κ3) is 4.96. The number of carbonyl (C=O) groups is 2. The van der Waals surface area contributed by atoms with Crippen molar-refractivity contribution in [2.45, 2.75) is 31.1 Å². The van der Waals surface area contributed by atoms with Crippen molar-refractivity contribution in [1.29, 1.82) is 0 Å². The second kappa shape index (κ2) is 7.97. The molecule has 0 saturated heterocycles. The number of thioether (sulfide) groups is 1. The van der Waals surface area contributed by atoms with E-state index in [1.165, 1.54) is 11.6 Å². The molecule has 0 aliphatic carbocycles. The summed E-state index contributed by atoms with van der Waals surface area (Å²) in [5.74, 6) is -0.0715. The summed E-state index contributed by atoms with van der Waals surface area (Å²) < 4.78 is 0. The monoisotopic (exact) mass is 328 g/mol. The van der Waals surface area contributed by atoms with Crippen molar-refractivity contribution in [3.63, 3.8) is 0 Å². The molecule has 0 aliphatic heterocycles. The molecule has 0 heterocycles. The molecule has 1 N–H and O–H groups in total. The number of carbonyl (C=O) groups excluding carboxylic acids is 1. The summed E-state index contributed by atoms with van der Waals surface area (Å²) in [5, 5.41) is 8.99. The van der Waals surface area contributed by atoms with E-state index in [1.807, 2.05) is 18.2 Å². The van der Waals surface area contributed by atoms with E-state index in [-0.39, 0.29) is 17.8 Å². The predicted molar refractivity (Wildman–Crippen MR) is 93.4 cm³/mol. The molecule has 4 heteroatoms. The van der Waals surface area contributed by atoms with Crippen LogP contribution in [-0.4, -0.2) is 22.6 Å². The van der Waals surface area contributed by atoms with Crippen LogP contribution in [0.15, 0.2) is 53.4 Å². The highest BCUT2D eigenvalue weighted by molar-refractivity contribution is 8.00. The van der Waals surface area contributed by atoms with Gasteiger partial charge >= 0.3 is 5.97 Å². The van der Waals surface area contributed by atoms with Crippen LogP contribution in [0.4, 0.5) is 0 Å². The van der Waals surface area contributed by atoms with Crippen LogP contribution >= 0.6 is 11.8 Å². The minimum absolute atomic E-state index is 0.0936. The Morgan fingerprint density at radius 3 is 2.52 bits per heavy atom. The molecule has 0 amide bonds. The van der Waals surface area contributed by atoms with Gasteiger partial charge in [-0.05, 0) is 35.2 Å². The van der Waals surface area contributed by atoms with Crippen LogP contribution < -0.4 is 0 Å². The molecule has 0 bridgehead atoms. The molecular formula is C19H20O3S. The van der Waals surface area contributed by atoms with Gasteiger partial charge in [0.25, 0.3) is 0 Å². The summed E-state index contributed by atoms with van der Waals surface area (Å²) in [5.41, 5.74) is 2.21. The Bertz CT molecular complexity index is 707. The van der Waals surface area contributed by atoms with Gasteiger partial charge in [0.1, 0.15) is 5.78 Å². The maximum absolute atomic E-state index is 12.2. The predicted octanol–water partition coefficient (Wildman–Crippen LogP) is 4.41. The van der Waals surface area contributed by atoms with E-state index >= 15 is 0 Å². The van der Waals surface area contributed by atoms with E-state index in [0.29, 0.717) is 11.7 Å². The van der Waals surface area contributed by atoms with Crippen LogP contribution in [0, 0.1) is 0 Å². The third-order valence-corrected chi connectivity index (χ3v) is 4.65. The number of hydrogen-bond donors (Lipinski definition) is 1. The molecule has 0 spiro atoms. The van der Waals surface area contributed by atoms with E-state index < -0.39 is 5.97 Å². The van der Waals surface area contributed by atoms with Gasteiger partial charge in [-0.2, -0.15) is 0 Å². The fourth-order valence-corrected chi connectivity index (χ4v) is 3.40. The largest absolute Gasteiger partial charge is 0.478 e. The molecule has 0 saturated carbocycles. The van der Waals surface area contributed by atoms with Gasteiger partial charge < -0.3 is 5.11 Å². The first kappa shape index (κ1) is 17.3. The van der Waals surface area contributed by atoms with Gasteiger partial charge in [-0.15, -0.1) is 11.8 Å².